The summed E-state index contributed by atoms with van der Waals surface area (Å²) in [5.74, 6) is 0.0684. The van der Waals surface area contributed by atoms with Gasteiger partial charge in [0.05, 0.1) is 13.1 Å². The number of amides is 2. The van der Waals surface area contributed by atoms with Crippen LogP contribution in [0.2, 0.25) is 0 Å². The van der Waals surface area contributed by atoms with Crippen molar-refractivity contribution in [3.63, 3.8) is 0 Å². The molecule has 0 spiro atoms. The normalized spacial score (nSPS) is 18.7. The van der Waals surface area contributed by atoms with E-state index in [1.54, 1.807) is 0 Å². The van der Waals surface area contributed by atoms with Crippen molar-refractivity contribution in [2.45, 2.75) is 39.2 Å². The number of hydrogen-bond donors (Lipinski definition) is 2. The molecule has 2 heterocycles. The molecule has 0 radical (unpaired) electrons. The van der Waals surface area contributed by atoms with E-state index in [1.807, 2.05) is 32.9 Å². The Bertz CT molecular complexity index is 684. The fraction of sp³-hybridized carbons (Fsp3) is 0.636. The Morgan fingerprint density at radius 3 is 1.86 bits per heavy atom. The maximum atomic E-state index is 12.4. The van der Waals surface area contributed by atoms with Crippen LogP contribution in [0.3, 0.4) is 0 Å². The van der Waals surface area contributed by atoms with E-state index < -0.39 is 0 Å². The highest BCUT2D eigenvalue weighted by molar-refractivity contribution is 5.92. The van der Waals surface area contributed by atoms with Gasteiger partial charge < -0.3 is 15.5 Å². The molecule has 2 aliphatic heterocycles. The zero-order valence-electron chi connectivity index (χ0n) is 18.0. The van der Waals surface area contributed by atoms with Crippen LogP contribution in [0.25, 0.3) is 0 Å². The minimum absolute atomic E-state index is 0.0119. The van der Waals surface area contributed by atoms with E-state index in [0.29, 0.717) is 13.1 Å². The van der Waals surface area contributed by atoms with E-state index >= 15 is 0 Å². The molecule has 1 aromatic rings. The third kappa shape index (κ3) is 7.01. The lowest BCUT2D eigenvalue weighted by atomic mass is 10.1. The SMILES string of the molecule is CC(C)(C)NC(=O)CN1CCN(CC(=O)Nc2ccc(N3CCCC3)cc2)CC1. The van der Waals surface area contributed by atoms with E-state index in [4.69, 9.17) is 0 Å². The zero-order chi connectivity index (χ0) is 20.9. The Labute approximate surface area is 174 Å². The van der Waals surface area contributed by atoms with Gasteiger partial charge in [-0.1, -0.05) is 0 Å². The van der Waals surface area contributed by atoms with Gasteiger partial charge in [-0.05, 0) is 57.9 Å². The van der Waals surface area contributed by atoms with Gasteiger partial charge in [0.25, 0.3) is 0 Å². The van der Waals surface area contributed by atoms with Crippen molar-refractivity contribution in [1.82, 2.24) is 15.1 Å². The molecule has 7 heteroatoms. The summed E-state index contributed by atoms with van der Waals surface area (Å²) in [5.41, 5.74) is 1.87. The second-order valence-electron chi connectivity index (χ2n) is 9.14. The predicted octanol–water partition coefficient (Wildman–Crippen LogP) is 1.76. The van der Waals surface area contributed by atoms with Gasteiger partial charge in [0.2, 0.25) is 11.8 Å². The van der Waals surface area contributed by atoms with Crippen LogP contribution < -0.4 is 15.5 Å². The van der Waals surface area contributed by atoms with E-state index in [1.165, 1.54) is 18.5 Å². The highest BCUT2D eigenvalue weighted by Crippen LogP contribution is 2.22. The first-order valence-corrected chi connectivity index (χ1v) is 10.7. The molecule has 0 bridgehead atoms. The van der Waals surface area contributed by atoms with Crippen molar-refractivity contribution in [2.75, 3.05) is 62.6 Å². The van der Waals surface area contributed by atoms with Gasteiger partial charge in [0.1, 0.15) is 0 Å². The zero-order valence-corrected chi connectivity index (χ0v) is 18.0. The number of anilines is 2. The van der Waals surface area contributed by atoms with Gasteiger partial charge in [0.15, 0.2) is 0 Å². The molecule has 0 saturated carbocycles. The number of benzene rings is 1. The van der Waals surface area contributed by atoms with Gasteiger partial charge in [-0.25, -0.2) is 0 Å². The molecule has 2 fully saturated rings. The maximum absolute atomic E-state index is 12.4. The summed E-state index contributed by atoms with van der Waals surface area (Å²) >= 11 is 0. The second-order valence-corrected chi connectivity index (χ2v) is 9.14. The fourth-order valence-corrected chi connectivity index (χ4v) is 3.90. The number of piperazine rings is 1. The lowest BCUT2D eigenvalue weighted by Crippen LogP contribution is -2.52. The van der Waals surface area contributed by atoms with E-state index in [2.05, 4.69) is 37.5 Å². The minimum Gasteiger partial charge on any atom is -0.372 e. The number of nitrogens with one attached hydrogen (secondary N) is 2. The number of nitrogens with zero attached hydrogens (tertiary/aromatic N) is 3. The molecule has 29 heavy (non-hydrogen) atoms. The molecule has 1 aromatic carbocycles. The molecular formula is C22H35N5O2. The van der Waals surface area contributed by atoms with Gasteiger partial charge in [-0.15, -0.1) is 0 Å². The Hall–Kier alpha value is -2.12. The Morgan fingerprint density at radius 2 is 1.34 bits per heavy atom. The maximum Gasteiger partial charge on any atom is 0.238 e. The highest BCUT2D eigenvalue weighted by atomic mass is 16.2. The minimum atomic E-state index is -0.205. The number of carbonyl (C=O) groups is 2. The van der Waals surface area contributed by atoms with Crippen LogP contribution in [-0.2, 0) is 9.59 Å². The van der Waals surface area contributed by atoms with Crippen LogP contribution >= 0.6 is 0 Å². The number of carbonyl (C=O) groups excluding carboxylic acids is 2. The van der Waals surface area contributed by atoms with E-state index in [-0.39, 0.29) is 17.4 Å². The number of rotatable bonds is 6. The number of hydrogen-bond acceptors (Lipinski definition) is 5. The molecule has 160 valence electrons. The molecule has 0 atom stereocenters. The smallest absolute Gasteiger partial charge is 0.238 e. The van der Waals surface area contributed by atoms with Crippen molar-refractivity contribution in [3.05, 3.63) is 24.3 Å². The van der Waals surface area contributed by atoms with Crippen molar-refractivity contribution in [3.8, 4) is 0 Å². The fourth-order valence-electron chi connectivity index (χ4n) is 3.90. The second kappa shape index (κ2) is 9.59. The molecule has 0 aromatic heterocycles. The van der Waals surface area contributed by atoms with Crippen molar-refractivity contribution >= 4 is 23.2 Å². The van der Waals surface area contributed by atoms with Gasteiger partial charge in [-0.3, -0.25) is 19.4 Å². The molecule has 2 saturated heterocycles. The summed E-state index contributed by atoms with van der Waals surface area (Å²) in [5, 5.41) is 6.00. The van der Waals surface area contributed by atoms with Gasteiger partial charge >= 0.3 is 0 Å². The molecule has 2 amide bonds. The van der Waals surface area contributed by atoms with Crippen LogP contribution in [0, 0.1) is 0 Å². The topological polar surface area (TPSA) is 67.9 Å². The molecule has 2 aliphatic rings. The van der Waals surface area contributed by atoms with E-state index in [0.717, 1.165) is 45.0 Å². The largest absolute Gasteiger partial charge is 0.372 e. The first kappa shape index (κ1) is 21.6. The van der Waals surface area contributed by atoms with Gasteiger partial charge in [-0.2, -0.15) is 0 Å². The quantitative estimate of drug-likeness (QED) is 0.760. The first-order chi connectivity index (χ1) is 13.8. The average molecular weight is 402 g/mol. The van der Waals surface area contributed by atoms with Gasteiger partial charge in [0, 0.05) is 56.2 Å². The summed E-state index contributed by atoms with van der Waals surface area (Å²) in [4.78, 5) is 31.1. The van der Waals surface area contributed by atoms with Crippen molar-refractivity contribution < 1.29 is 9.59 Å². The van der Waals surface area contributed by atoms with Crippen molar-refractivity contribution in [2.24, 2.45) is 0 Å². The van der Waals surface area contributed by atoms with E-state index in [9.17, 15) is 9.59 Å². The molecular weight excluding hydrogens is 366 g/mol. The lowest BCUT2D eigenvalue weighted by Gasteiger charge is -2.34. The summed E-state index contributed by atoms with van der Waals surface area (Å²) in [7, 11) is 0. The third-order valence-corrected chi connectivity index (χ3v) is 5.34. The molecule has 7 nitrogen and oxygen atoms in total. The summed E-state index contributed by atoms with van der Waals surface area (Å²) in [6.07, 6.45) is 2.51. The van der Waals surface area contributed by atoms with Crippen LogP contribution in [0.4, 0.5) is 11.4 Å². The lowest BCUT2D eigenvalue weighted by molar-refractivity contribution is -0.124. The summed E-state index contributed by atoms with van der Waals surface area (Å²) in [6, 6.07) is 8.14. The first-order valence-electron chi connectivity index (χ1n) is 10.7. The van der Waals surface area contributed by atoms with Crippen LogP contribution in [-0.4, -0.2) is 79.5 Å². The standard InChI is InChI=1S/C22H35N5O2/c1-22(2,3)24-21(29)17-26-14-12-25(13-15-26)16-20(28)23-18-6-8-19(9-7-18)27-10-4-5-11-27/h6-9H,4-5,10-17H2,1-3H3,(H,23,28)(H,24,29). The summed E-state index contributed by atoms with van der Waals surface area (Å²) in [6.45, 7) is 12.2. The summed E-state index contributed by atoms with van der Waals surface area (Å²) < 4.78 is 0. The van der Waals surface area contributed by atoms with Crippen LogP contribution in [0.1, 0.15) is 33.6 Å². The van der Waals surface area contributed by atoms with Crippen LogP contribution in [0.5, 0.6) is 0 Å². The van der Waals surface area contributed by atoms with Crippen molar-refractivity contribution in [1.29, 1.82) is 0 Å². The average Bonchev–Trinajstić information content (AvgIpc) is 3.17. The third-order valence-electron chi connectivity index (χ3n) is 5.34. The molecule has 0 aliphatic carbocycles. The highest BCUT2D eigenvalue weighted by Gasteiger charge is 2.22. The Morgan fingerprint density at radius 1 is 0.828 bits per heavy atom. The molecule has 2 N–H and O–H groups in total. The molecule has 3 rings (SSSR count). The monoisotopic (exact) mass is 401 g/mol. The Kier molecular flexibility index (Phi) is 7.14. The van der Waals surface area contributed by atoms with Crippen LogP contribution in [0.15, 0.2) is 24.3 Å². The Balaban J connectivity index is 1.38. The predicted molar refractivity (Wildman–Crippen MR) is 117 cm³/mol. The molecule has 0 unspecified atom stereocenters.